The highest BCUT2D eigenvalue weighted by Crippen LogP contribution is 2.18. The quantitative estimate of drug-likeness (QED) is 0.811. The number of rotatable bonds is 1. The van der Waals surface area contributed by atoms with Gasteiger partial charge in [0.1, 0.15) is 0 Å². The van der Waals surface area contributed by atoms with Gasteiger partial charge in [0, 0.05) is 29.7 Å². The smallest absolute Gasteiger partial charge is 0.253 e. The van der Waals surface area contributed by atoms with Crippen molar-refractivity contribution in [1.29, 1.82) is 0 Å². The first-order valence-corrected chi connectivity index (χ1v) is 5.76. The Bertz CT molecular complexity index is 399. The van der Waals surface area contributed by atoms with Crippen LogP contribution < -0.4 is 5.73 Å². The summed E-state index contributed by atoms with van der Waals surface area (Å²) in [6.45, 7) is 3.31. The van der Waals surface area contributed by atoms with Gasteiger partial charge in [0.25, 0.3) is 5.91 Å². The van der Waals surface area contributed by atoms with E-state index in [2.05, 4.69) is 0 Å². The minimum Gasteiger partial charge on any atom is -0.337 e. The highest BCUT2D eigenvalue weighted by Gasteiger charge is 2.24. The molecule has 1 aliphatic rings. The Morgan fingerprint density at radius 1 is 1.50 bits per heavy atom. The molecule has 1 fully saturated rings. The summed E-state index contributed by atoms with van der Waals surface area (Å²) in [6.07, 6.45) is 0.880. The van der Waals surface area contributed by atoms with Crippen LogP contribution in [-0.2, 0) is 0 Å². The first-order chi connectivity index (χ1) is 7.56. The number of nitrogens with two attached hydrogens (primary N) is 1. The highest BCUT2D eigenvalue weighted by atomic mass is 35.5. The van der Waals surface area contributed by atoms with Gasteiger partial charge in [-0.2, -0.15) is 0 Å². The standard InChI is InChI=1S/C12H15ClN2O/c1-8-4-9(6-10(13)5-8)12(16)15-3-2-11(14)7-15/h4-6,11H,2-3,7,14H2,1H3/t11-/m1/s1. The van der Waals surface area contributed by atoms with Gasteiger partial charge in [0.15, 0.2) is 0 Å². The van der Waals surface area contributed by atoms with Gasteiger partial charge in [-0.3, -0.25) is 4.79 Å². The summed E-state index contributed by atoms with van der Waals surface area (Å²) >= 11 is 5.93. The zero-order valence-electron chi connectivity index (χ0n) is 9.24. The van der Waals surface area contributed by atoms with Crippen LogP contribution in [0.3, 0.4) is 0 Å². The molecular formula is C12H15ClN2O. The molecule has 0 radical (unpaired) electrons. The summed E-state index contributed by atoms with van der Waals surface area (Å²) in [5.41, 5.74) is 7.43. The van der Waals surface area contributed by atoms with Crippen LogP contribution >= 0.6 is 11.6 Å². The van der Waals surface area contributed by atoms with E-state index in [4.69, 9.17) is 17.3 Å². The summed E-state index contributed by atoms with van der Waals surface area (Å²) in [7, 11) is 0. The van der Waals surface area contributed by atoms with Gasteiger partial charge in [-0.25, -0.2) is 0 Å². The molecule has 3 nitrogen and oxygen atoms in total. The SMILES string of the molecule is Cc1cc(Cl)cc(C(=O)N2CC[C@@H](N)C2)c1. The molecule has 1 heterocycles. The Labute approximate surface area is 100 Å². The summed E-state index contributed by atoms with van der Waals surface area (Å²) in [5.74, 6) is 0.0264. The largest absolute Gasteiger partial charge is 0.337 e. The fourth-order valence-corrected chi connectivity index (χ4v) is 2.30. The van der Waals surface area contributed by atoms with Gasteiger partial charge in [-0.05, 0) is 37.1 Å². The second-order valence-corrected chi connectivity index (χ2v) is 4.75. The lowest BCUT2D eigenvalue weighted by molar-refractivity contribution is 0.0791. The summed E-state index contributed by atoms with van der Waals surface area (Å²) in [4.78, 5) is 13.9. The average molecular weight is 239 g/mol. The molecule has 1 aliphatic heterocycles. The topological polar surface area (TPSA) is 46.3 Å². The Morgan fingerprint density at radius 3 is 2.81 bits per heavy atom. The number of amides is 1. The van der Waals surface area contributed by atoms with Gasteiger partial charge in [0.2, 0.25) is 0 Å². The number of hydrogen-bond acceptors (Lipinski definition) is 2. The fourth-order valence-electron chi connectivity index (χ4n) is 2.01. The molecule has 1 saturated heterocycles. The molecule has 2 rings (SSSR count). The second kappa shape index (κ2) is 4.44. The van der Waals surface area contributed by atoms with Crippen LogP contribution in [0.25, 0.3) is 0 Å². The Balaban J connectivity index is 2.20. The van der Waals surface area contributed by atoms with Crippen molar-refractivity contribution in [3.8, 4) is 0 Å². The molecule has 4 heteroatoms. The molecule has 0 aliphatic carbocycles. The van der Waals surface area contributed by atoms with E-state index in [1.165, 1.54) is 0 Å². The third-order valence-electron chi connectivity index (χ3n) is 2.80. The van der Waals surface area contributed by atoms with E-state index >= 15 is 0 Å². The molecule has 0 bridgehead atoms. The number of hydrogen-bond donors (Lipinski definition) is 1. The van der Waals surface area contributed by atoms with Crippen LogP contribution in [0.4, 0.5) is 0 Å². The number of aryl methyl sites for hydroxylation is 1. The zero-order chi connectivity index (χ0) is 11.7. The normalized spacial score (nSPS) is 20.2. The molecule has 1 amide bonds. The second-order valence-electron chi connectivity index (χ2n) is 4.32. The fraction of sp³-hybridized carbons (Fsp3) is 0.417. The van der Waals surface area contributed by atoms with Crippen molar-refractivity contribution < 1.29 is 4.79 Å². The van der Waals surface area contributed by atoms with Crippen molar-refractivity contribution >= 4 is 17.5 Å². The zero-order valence-corrected chi connectivity index (χ0v) is 10.00. The Kier molecular flexibility index (Phi) is 3.17. The van der Waals surface area contributed by atoms with Crippen LogP contribution in [0.5, 0.6) is 0 Å². The minimum absolute atomic E-state index is 0.0264. The molecule has 0 spiro atoms. The first kappa shape index (κ1) is 11.4. The molecule has 0 saturated carbocycles. The number of halogens is 1. The van der Waals surface area contributed by atoms with Gasteiger partial charge in [0.05, 0.1) is 0 Å². The summed E-state index contributed by atoms with van der Waals surface area (Å²) in [6, 6.07) is 5.52. The van der Waals surface area contributed by atoms with Gasteiger partial charge in [-0.15, -0.1) is 0 Å². The van der Waals surface area contributed by atoms with Crippen LogP contribution in [-0.4, -0.2) is 29.9 Å². The Hall–Kier alpha value is -1.06. The molecule has 2 N–H and O–H groups in total. The monoisotopic (exact) mass is 238 g/mol. The van der Waals surface area contributed by atoms with Crippen LogP contribution in [0.2, 0.25) is 5.02 Å². The number of carbonyl (C=O) groups excluding carboxylic acids is 1. The number of nitrogens with zero attached hydrogens (tertiary/aromatic N) is 1. The van der Waals surface area contributed by atoms with E-state index in [0.29, 0.717) is 17.1 Å². The lowest BCUT2D eigenvalue weighted by Gasteiger charge is -2.16. The Morgan fingerprint density at radius 2 is 2.25 bits per heavy atom. The first-order valence-electron chi connectivity index (χ1n) is 5.38. The third kappa shape index (κ3) is 2.36. The van der Waals surface area contributed by atoms with E-state index in [1.807, 2.05) is 19.1 Å². The van der Waals surface area contributed by atoms with Crippen molar-refractivity contribution in [2.24, 2.45) is 5.73 Å². The maximum atomic E-state index is 12.1. The lowest BCUT2D eigenvalue weighted by atomic mass is 10.1. The molecule has 86 valence electrons. The third-order valence-corrected chi connectivity index (χ3v) is 3.02. The van der Waals surface area contributed by atoms with Gasteiger partial charge < -0.3 is 10.6 Å². The van der Waals surface area contributed by atoms with Crippen molar-refractivity contribution in [3.05, 3.63) is 34.3 Å². The van der Waals surface area contributed by atoms with Gasteiger partial charge in [-0.1, -0.05) is 11.6 Å². The molecule has 0 aromatic heterocycles. The van der Waals surface area contributed by atoms with E-state index < -0.39 is 0 Å². The van der Waals surface area contributed by atoms with Crippen molar-refractivity contribution in [2.45, 2.75) is 19.4 Å². The van der Waals surface area contributed by atoms with Crippen LogP contribution in [0.15, 0.2) is 18.2 Å². The van der Waals surface area contributed by atoms with Gasteiger partial charge >= 0.3 is 0 Å². The maximum Gasteiger partial charge on any atom is 0.253 e. The maximum absolute atomic E-state index is 12.1. The lowest BCUT2D eigenvalue weighted by Crippen LogP contribution is -2.31. The molecule has 1 aromatic rings. The minimum atomic E-state index is 0.0264. The van der Waals surface area contributed by atoms with E-state index in [1.54, 1.807) is 11.0 Å². The predicted molar refractivity (Wildman–Crippen MR) is 64.7 cm³/mol. The van der Waals surface area contributed by atoms with Crippen LogP contribution in [0.1, 0.15) is 22.3 Å². The molecule has 1 atom stereocenters. The summed E-state index contributed by atoms with van der Waals surface area (Å²) < 4.78 is 0. The highest BCUT2D eigenvalue weighted by molar-refractivity contribution is 6.31. The van der Waals surface area contributed by atoms with Crippen molar-refractivity contribution in [1.82, 2.24) is 4.90 Å². The molecular weight excluding hydrogens is 224 g/mol. The average Bonchev–Trinajstić information content (AvgIpc) is 2.62. The molecule has 16 heavy (non-hydrogen) atoms. The van der Waals surface area contributed by atoms with E-state index in [0.717, 1.165) is 18.5 Å². The van der Waals surface area contributed by atoms with Crippen molar-refractivity contribution in [2.75, 3.05) is 13.1 Å². The molecule has 0 unspecified atom stereocenters. The molecule has 1 aromatic carbocycles. The number of carbonyl (C=O) groups is 1. The van der Waals surface area contributed by atoms with E-state index in [9.17, 15) is 4.79 Å². The predicted octanol–water partition coefficient (Wildman–Crippen LogP) is 1.82. The number of benzene rings is 1. The summed E-state index contributed by atoms with van der Waals surface area (Å²) in [5, 5.41) is 0.604. The van der Waals surface area contributed by atoms with Crippen LogP contribution in [0, 0.1) is 6.92 Å². The van der Waals surface area contributed by atoms with Crippen molar-refractivity contribution in [3.63, 3.8) is 0 Å². The van der Waals surface area contributed by atoms with E-state index in [-0.39, 0.29) is 11.9 Å². The number of likely N-dealkylation sites (tertiary alicyclic amines) is 1.